The summed E-state index contributed by atoms with van der Waals surface area (Å²) < 4.78 is 17.2. The highest BCUT2D eigenvalue weighted by Crippen LogP contribution is 2.25. The van der Waals surface area contributed by atoms with Crippen LogP contribution in [0.2, 0.25) is 0 Å². The number of H-pyrrole nitrogens is 1. The van der Waals surface area contributed by atoms with Crippen LogP contribution in [-0.2, 0) is 4.79 Å². The number of allylic oxidation sites excluding steroid dienone is 4. The van der Waals surface area contributed by atoms with Crippen LogP contribution in [0.1, 0.15) is 25.2 Å². The standard InChI is InChI=1S/C26H30N6O4/c1-18-7-4-5-10-24(18)36-20-13-11-19(12-14-20)27-25(33)16-32(2)23(26-28-30-31-29-26)17-35-22-9-6-8-21(15-22)34-3/h4-6,8-15,18,23H,7,16-17H2,1-3H3,(H,27,33)(H,28,29,30,31). The van der Waals surface area contributed by atoms with E-state index in [-0.39, 0.29) is 25.1 Å². The summed E-state index contributed by atoms with van der Waals surface area (Å²) in [6, 6.07) is 14.3. The Labute approximate surface area is 209 Å². The highest BCUT2D eigenvalue weighted by molar-refractivity contribution is 5.92. The zero-order valence-electron chi connectivity index (χ0n) is 20.5. The zero-order valence-corrected chi connectivity index (χ0v) is 20.5. The molecular formula is C26H30N6O4. The average Bonchev–Trinajstić information content (AvgIpc) is 3.41. The summed E-state index contributed by atoms with van der Waals surface area (Å²) >= 11 is 0. The molecule has 0 saturated carbocycles. The normalized spacial score (nSPS) is 15.8. The molecular weight excluding hydrogens is 460 g/mol. The molecule has 4 rings (SSSR count). The van der Waals surface area contributed by atoms with E-state index < -0.39 is 0 Å². The van der Waals surface area contributed by atoms with E-state index >= 15 is 0 Å². The summed E-state index contributed by atoms with van der Waals surface area (Å²) in [5.74, 6) is 3.64. The van der Waals surface area contributed by atoms with Gasteiger partial charge in [0.15, 0.2) is 5.82 Å². The van der Waals surface area contributed by atoms with Crippen LogP contribution in [0.3, 0.4) is 0 Å². The van der Waals surface area contributed by atoms with Crippen molar-refractivity contribution in [3.05, 3.63) is 78.3 Å². The van der Waals surface area contributed by atoms with Gasteiger partial charge < -0.3 is 19.5 Å². The highest BCUT2D eigenvalue weighted by atomic mass is 16.5. The van der Waals surface area contributed by atoms with E-state index in [1.54, 1.807) is 13.2 Å². The van der Waals surface area contributed by atoms with E-state index in [0.29, 0.717) is 28.9 Å². The van der Waals surface area contributed by atoms with E-state index in [9.17, 15) is 4.79 Å². The van der Waals surface area contributed by atoms with Gasteiger partial charge in [-0.3, -0.25) is 9.69 Å². The number of anilines is 1. The maximum Gasteiger partial charge on any atom is 0.238 e. The third kappa shape index (κ3) is 6.70. The Bertz CT molecular complexity index is 1190. The minimum absolute atomic E-state index is 0.0990. The van der Waals surface area contributed by atoms with Crippen molar-refractivity contribution in [3.63, 3.8) is 0 Å². The molecule has 1 aromatic heterocycles. The van der Waals surface area contributed by atoms with Crippen LogP contribution in [-0.4, -0.2) is 58.7 Å². The van der Waals surface area contributed by atoms with Gasteiger partial charge in [0.1, 0.15) is 35.7 Å². The Balaban J connectivity index is 1.34. The molecule has 0 saturated heterocycles. The van der Waals surface area contributed by atoms with E-state index in [1.165, 1.54) is 0 Å². The lowest BCUT2D eigenvalue weighted by Crippen LogP contribution is -2.36. The average molecular weight is 491 g/mol. The van der Waals surface area contributed by atoms with E-state index in [2.05, 4.69) is 38.9 Å². The Kier molecular flexibility index (Phi) is 8.30. The molecule has 1 aliphatic carbocycles. The summed E-state index contributed by atoms with van der Waals surface area (Å²) in [7, 11) is 3.41. The van der Waals surface area contributed by atoms with Crippen LogP contribution >= 0.6 is 0 Å². The number of carbonyl (C=O) groups excluding carboxylic acids is 1. The van der Waals surface area contributed by atoms with Gasteiger partial charge in [0.2, 0.25) is 5.91 Å². The number of hydrogen-bond donors (Lipinski definition) is 2. The topological polar surface area (TPSA) is 114 Å². The number of aromatic nitrogens is 4. The first-order valence-electron chi connectivity index (χ1n) is 11.7. The third-order valence-corrected chi connectivity index (χ3v) is 5.80. The minimum atomic E-state index is -0.382. The lowest BCUT2D eigenvalue weighted by Gasteiger charge is -2.25. The lowest BCUT2D eigenvalue weighted by atomic mass is 10.0. The molecule has 0 bridgehead atoms. The molecule has 2 unspecified atom stereocenters. The van der Waals surface area contributed by atoms with Crippen LogP contribution in [0.15, 0.2) is 72.5 Å². The van der Waals surface area contributed by atoms with E-state index in [4.69, 9.17) is 14.2 Å². The molecule has 1 amide bonds. The zero-order chi connectivity index (χ0) is 25.3. The van der Waals surface area contributed by atoms with Crippen molar-refractivity contribution < 1.29 is 19.0 Å². The van der Waals surface area contributed by atoms with Crippen LogP contribution in [0.4, 0.5) is 5.69 Å². The van der Waals surface area contributed by atoms with Crippen molar-refractivity contribution in [2.45, 2.75) is 19.4 Å². The van der Waals surface area contributed by atoms with Gasteiger partial charge in [-0.2, -0.15) is 0 Å². The van der Waals surface area contributed by atoms with Crippen molar-refractivity contribution >= 4 is 11.6 Å². The van der Waals surface area contributed by atoms with Gasteiger partial charge in [-0.25, -0.2) is 5.10 Å². The fourth-order valence-corrected chi connectivity index (χ4v) is 3.73. The molecule has 10 nitrogen and oxygen atoms in total. The van der Waals surface area contributed by atoms with Gasteiger partial charge in [-0.1, -0.05) is 25.1 Å². The summed E-state index contributed by atoms with van der Waals surface area (Å²) in [6.45, 7) is 2.45. The number of benzene rings is 2. The fourth-order valence-electron chi connectivity index (χ4n) is 3.73. The predicted molar refractivity (Wildman–Crippen MR) is 135 cm³/mol. The second kappa shape index (κ2) is 12.0. The smallest absolute Gasteiger partial charge is 0.238 e. The van der Waals surface area contributed by atoms with Crippen molar-refractivity contribution in [1.82, 2.24) is 25.5 Å². The highest BCUT2D eigenvalue weighted by Gasteiger charge is 2.24. The van der Waals surface area contributed by atoms with Crippen LogP contribution in [0.5, 0.6) is 17.2 Å². The quantitative estimate of drug-likeness (QED) is 0.418. The molecule has 2 N–H and O–H groups in total. The maximum atomic E-state index is 12.8. The van der Waals surface area contributed by atoms with Crippen molar-refractivity contribution in [1.29, 1.82) is 0 Å². The second-order valence-corrected chi connectivity index (χ2v) is 8.52. The largest absolute Gasteiger partial charge is 0.497 e. The lowest BCUT2D eigenvalue weighted by molar-refractivity contribution is -0.117. The maximum absolute atomic E-state index is 12.8. The third-order valence-electron chi connectivity index (χ3n) is 5.80. The molecule has 0 aliphatic heterocycles. The molecule has 2 aromatic carbocycles. The van der Waals surface area contributed by atoms with E-state index in [0.717, 1.165) is 17.9 Å². The number of likely N-dealkylation sites (N-methyl/N-ethyl adjacent to an activating group) is 1. The molecule has 1 aliphatic rings. The summed E-state index contributed by atoms with van der Waals surface area (Å²) in [5, 5.41) is 17.0. The Morgan fingerprint density at radius 1 is 1.19 bits per heavy atom. The first-order valence-corrected chi connectivity index (χ1v) is 11.7. The van der Waals surface area contributed by atoms with Crippen LogP contribution < -0.4 is 19.5 Å². The van der Waals surface area contributed by atoms with E-state index in [1.807, 2.05) is 66.6 Å². The molecule has 36 heavy (non-hydrogen) atoms. The summed E-state index contributed by atoms with van der Waals surface area (Å²) in [6.07, 6.45) is 7.08. The Hall–Kier alpha value is -4.18. The second-order valence-electron chi connectivity index (χ2n) is 8.52. The molecule has 188 valence electrons. The van der Waals surface area contributed by atoms with Crippen molar-refractivity contribution in [2.24, 2.45) is 5.92 Å². The number of nitrogens with one attached hydrogen (secondary N) is 2. The molecule has 2 atom stereocenters. The van der Waals surface area contributed by atoms with Gasteiger partial charge in [-0.15, -0.1) is 5.10 Å². The Morgan fingerprint density at radius 3 is 2.72 bits per heavy atom. The minimum Gasteiger partial charge on any atom is -0.497 e. The van der Waals surface area contributed by atoms with Crippen molar-refractivity contribution in [3.8, 4) is 17.2 Å². The van der Waals surface area contributed by atoms with Gasteiger partial charge in [0.25, 0.3) is 0 Å². The number of nitrogens with zero attached hydrogens (tertiary/aromatic N) is 4. The SMILES string of the molecule is COc1cccc(OCC(c2nnn[nH]2)N(C)CC(=O)Nc2ccc(OC3=CC=CCC3C)cc2)c1. The first-order chi connectivity index (χ1) is 17.5. The van der Waals surface area contributed by atoms with Crippen LogP contribution in [0.25, 0.3) is 0 Å². The van der Waals surface area contributed by atoms with Gasteiger partial charge in [-0.05, 0) is 66.4 Å². The molecule has 1 heterocycles. The number of rotatable bonds is 11. The number of aromatic amines is 1. The molecule has 0 fully saturated rings. The number of amides is 1. The van der Waals surface area contributed by atoms with Crippen molar-refractivity contribution in [2.75, 3.05) is 32.6 Å². The number of ether oxygens (including phenoxy) is 3. The van der Waals surface area contributed by atoms with Gasteiger partial charge >= 0.3 is 0 Å². The number of hydrogen-bond acceptors (Lipinski definition) is 8. The van der Waals surface area contributed by atoms with Gasteiger partial charge in [0, 0.05) is 17.7 Å². The Morgan fingerprint density at radius 2 is 2.00 bits per heavy atom. The van der Waals surface area contributed by atoms with Gasteiger partial charge in [0.05, 0.1) is 13.7 Å². The first kappa shape index (κ1) is 24.9. The number of carbonyl (C=O) groups is 1. The monoisotopic (exact) mass is 490 g/mol. The van der Waals surface area contributed by atoms with Crippen LogP contribution in [0, 0.1) is 5.92 Å². The predicted octanol–water partition coefficient (Wildman–Crippen LogP) is 3.76. The number of methoxy groups -OCH3 is 1. The molecule has 0 radical (unpaired) electrons. The fraction of sp³-hybridized carbons (Fsp3) is 0.308. The summed E-state index contributed by atoms with van der Waals surface area (Å²) in [4.78, 5) is 14.6. The molecule has 0 spiro atoms. The molecule has 3 aromatic rings. The molecule has 10 heteroatoms. The summed E-state index contributed by atoms with van der Waals surface area (Å²) in [5.41, 5.74) is 0.678. The number of tetrazole rings is 1.